The van der Waals surface area contributed by atoms with Gasteiger partial charge in [-0.2, -0.15) is 0 Å². The highest BCUT2D eigenvalue weighted by Gasteiger charge is 2.38. The lowest BCUT2D eigenvalue weighted by atomic mass is 9.81. The van der Waals surface area contributed by atoms with Crippen molar-refractivity contribution in [2.45, 2.75) is 19.3 Å². The van der Waals surface area contributed by atoms with Gasteiger partial charge in [0.15, 0.2) is 34.9 Å². The van der Waals surface area contributed by atoms with Gasteiger partial charge in [0, 0.05) is 101 Å². The molecule has 90 heavy (non-hydrogen) atoms. The number of thiophene rings is 2. The Morgan fingerprint density at radius 2 is 0.711 bits per heavy atom. The first-order chi connectivity index (χ1) is 44.3. The van der Waals surface area contributed by atoms with E-state index in [1.54, 1.807) is 0 Å². The molecule has 0 saturated carbocycles. The summed E-state index contributed by atoms with van der Waals surface area (Å²) in [6.07, 6.45) is 0. The van der Waals surface area contributed by atoms with E-state index in [1.807, 2.05) is 71.2 Å². The highest BCUT2D eigenvalue weighted by atomic mass is 32.1. The van der Waals surface area contributed by atoms with Gasteiger partial charge < -0.3 is 4.42 Å². The molecule has 9 heteroatoms. The van der Waals surface area contributed by atoms with Crippen LogP contribution in [0, 0.1) is 0 Å². The number of para-hydroxylation sites is 1. The maximum absolute atomic E-state index is 6.38. The first-order valence-corrected chi connectivity index (χ1v) is 32.0. The topological polar surface area (TPSA) is 90.5 Å². The standard InChI is InChI=1S/C81H48N6OS2/c1-81(2)65-42-37-48(43-64(65)71-54-22-7-6-19-49(54)63(44-66(71)81)80-85-75(46-17-4-3-5-18-46)84-79(87-80)62-28-16-30-68-72(62)61-23-8-11-29-67(61)88-68)45-33-35-47(36-34-45)76-82-77(59-26-14-24-55-50(59)38-40-57-52-20-9-12-31-69(52)89-73(55)57)86-78(83-76)60-27-15-25-56-51(60)39-41-58-53-21-10-13-32-70(53)90-74(56)58/h3-44H,1-2H3. The molecule has 18 aromatic rings. The lowest BCUT2D eigenvalue weighted by Crippen LogP contribution is -2.15. The van der Waals surface area contributed by atoms with E-state index in [2.05, 4.69) is 220 Å². The zero-order valence-corrected chi connectivity index (χ0v) is 50.3. The molecule has 1 aliphatic rings. The van der Waals surface area contributed by atoms with E-state index in [4.69, 9.17) is 34.3 Å². The van der Waals surface area contributed by atoms with Crippen LogP contribution in [0.15, 0.2) is 259 Å². The van der Waals surface area contributed by atoms with Gasteiger partial charge in [-0.3, -0.25) is 0 Å². The Bertz CT molecular complexity index is 5910. The molecule has 0 bridgehead atoms. The van der Waals surface area contributed by atoms with E-state index in [0.717, 1.165) is 88.0 Å². The number of hydrogen-bond donors (Lipinski definition) is 0. The Labute approximate surface area is 524 Å². The van der Waals surface area contributed by atoms with Crippen molar-refractivity contribution in [3.63, 3.8) is 0 Å². The van der Waals surface area contributed by atoms with E-state index < -0.39 is 0 Å². The molecule has 0 radical (unpaired) electrons. The first kappa shape index (κ1) is 51.0. The number of benzene rings is 13. The molecule has 0 fully saturated rings. The fourth-order valence-electron chi connectivity index (χ4n) is 14.3. The molecule has 420 valence electrons. The monoisotopic (exact) mass is 1180 g/mol. The molecule has 5 heterocycles. The minimum Gasteiger partial charge on any atom is -0.456 e. The number of rotatable bonds is 7. The van der Waals surface area contributed by atoms with Crippen molar-refractivity contribution >= 4 is 117 Å². The Morgan fingerprint density at radius 3 is 1.36 bits per heavy atom. The van der Waals surface area contributed by atoms with E-state index in [0.29, 0.717) is 34.9 Å². The Morgan fingerprint density at radius 1 is 0.278 bits per heavy atom. The van der Waals surface area contributed by atoms with Gasteiger partial charge in [0.05, 0.1) is 0 Å². The summed E-state index contributed by atoms with van der Waals surface area (Å²) < 4.78 is 11.5. The molecule has 13 aromatic carbocycles. The van der Waals surface area contributed by atoms with Crippen LogP contribution in [-0.4, -0.2) is 29.9 Å². The van der Waals surface area contributed by atoms with E-state index >= 15 is 0 Å². The van der Waals surface area contributed by atoms with E-state index in [9.17, 15) is 0 Å². The molecule has 0 saturated heterocycles. The number of aromatic nitrogens is 6. The molecule has 1 aliphatic carbocycles. The second-order valence-corrected chi connectivity index (χ2v) is 26.1. The van der Waals surface area contributed by atoms with Crippen molar-refractivity contribution in [1.29, 1.82) is 0 Å². The second-order valence-electron chi connectivity index (χ2n) is 24.0. The number of nitrogens with zero attached hydrogens (tertiary/aromatic N) is 6. The van der Waals surface area contributed by atoms with Crippen molar-refractivity contribution < 1.29 is 4.42 Å². The van der Waals surface area contributed by atoms with Crippen molar-refractivity contribution in [3.8, 4) is 90.6 Å². The van der Waals surface area contributed by atoms with Gasteiger partial charge in [-0.15, -0.1) is 22.7 Å². The third kappa shape index (κ3) is 7.70. The molecule has 0 atom stereocenters. The third-order valence-corrected chi connectivity index (χ3v) is 21.1. The Hall–Kier alpha value is -11.1. The fourth-order valence-corrected chi connectivity index (χ4v) is 16.7. The summed E-state index contributed by atoms with van der Waals surface area (Å²) in [7, 11) is 0. The summed E-state index contributed by atoms with van der Waals surface area (Å²) >= 11 is 3.68. The Kier molecular flexibility index (Phi) is 11.0. The van der Waals surface area contributed by atoms with Crippen LogP contribution in [0.1, 0.15) is 25.0 Å². The molecular formula is C81H48N6OS2. The average Bonchev–Trinajstić information content (AvgIpc) is 1.56. The zero-order chi connectivity index (χ0) is 59.3. The number of hydrogen-bond acceptors (Lipinski definition) is 9. The molecular weight excluding hydrogens is 1140 g/mol. The van der Waals surface area contributed by atoms with Gasteiger partial charge in [0.25, 0.3) is 0 Å². The molecule has 19 rings (SSSR count). The van der Waals surface area contributed by atoms with E-state index in [-0.39, 0.29) is 5.41 Å². The molecule has 5 aromatic heterocycles. The van der Waals surface area contributed by atoms with Crippen molar-refractivity contribution in [2.75, 3.05) is 0 Å². The summed E-state index contributed by atoms with van der Waals surface area (Å²) in [4.78, 5) is 32.2. The maximum Gasteiger partial charge on any atom is 0.164 e. The minimum atomic E-state index is -0.346. The number of furan rings is 1. The van der Waals surface area contributed by atoms with Crippen molar-refractivity contribution in [1.82, 2.24) is 29.9 Å². The smallest absolute Gasteiger partial charge is 0.164 e. The van der Waals surface area contributed by atoms with Crippen LogP contribution in [0.25, 0.3) is 185 Å². The minimum absolute atomic E-state index is 0.346. The molecule has 0 N–H and O–H groups in total. The maximum atomic E-state index is 6.38. The molecule has 0 aliphatic heterocycles. The van der Waals surface area contributed by atoms with Gasteiger partial charge in [0.1, 0.15) is 11.2 Å². The van der Waals surface area contributed by atoms with Crippen LogP contribution in [0.4, 0.5) is 0 Å². The van der Waals surface area contributed by atoms with Crippen LogP contribution in [0.5, 0.6) is 0 Å². The van der Waals surface area contributed by atoms with Gasteiger partial charge in [0.2, 0.25) is 0 Å². The zero-order valence-electron chi connectivity index (χ0n) is 48.7. The van der Waals surface area contributed by atoms with Gasteiger partial charge >= 0.3 is 0 Å². The lowest BCUT2D eigenvalue weighted by molar-refractivity contribution is 0.661. The Balaban J connectivity index is 0.737. The second kappa shape index (κ2) is 19.4. The van der Waals surface area contributed by atoms with Gasteiger partial charge in [-0.05, 0) is 91.3 Å². The highest BCUT2D eigenvalue weighted by molar-refractivity contribution is 7.27. The average molecular weight is 1190 g/mol. The SMILES string of the molecule is CC1(C)c2ccc(-c3ccc(-c4nc(-c5cccc6c5ccc5c7ccccc7sc65)nc(-c5cccc6c5ccc5c7ccccc7sc65)n4)cc3)cc2-c2c1cc(-c1nc(-c3ccccc3)nc(-c3cccc4oc5ccccc5c34)n1)c1ccccc21. The molecule has 7 nitrogen and oxygen atoms in total. The summed E-state index contributed by atoms with van der Waals surface area (Å²) in [5, 5.41) is 13.9. The van der Waals surface area contributed by atoms with Crippen LogP contribution in [0.2, 0.25) is 0 Å². The molecule has 0 spiro atoms. The van der Waals surface area contributed by atoms with Crippen molar-refractivity contribution in [3.05, 3.63) is 266 Å². The fraction of sp³-hybridized carbons (Fsp3) is 0.0370. The highest BCUT2D eigenvalue weighted by Crippen LogP contribution is 2.54. The molecule has 0 amide bonds. The summed E-state index contributed by atoms with van der Waals surface area (Å²) in [5.41, 5.74) is 14.0. The third-order valence-electron chi connectivity index (χ3n) is 18.6. The number of fused-ring (bicyclic) bond motifs is 18. The predicted octanol–water partition coefficient (Wildman–Crippen LogP) is 22.1. The predicted molar refractivity (Wildman–Crippen MR) is 374 cm³/mol. The summed E-state index contributed by atoms with van der Waals surface area (Å²) in [6.45, 7) is 4.68. The first-order valence-electron chi connectivity index (χ1n) is 30.3. The van der Waals surface area contributed by atoms with Gasteiger partial charge in [-0.25, -0.2) is 29.9 Å². The van der Waals surface area contributed by atoms with Crippen LogP contribution in [-0.2, 0) is 5.41 Å². The summed E-state index contributed by atoms with van der Waals surface area (Å²) in [5.74, 6) is 3.69. The summed E-state index contributed by atoms with van der Waals surface area (Å²) in [6, 6.07) is 90.8. The van der Waals surface area contributed by atoms with Crippen LogP contribution in [0.3, 0.4) is 0 Å². The molecule has 0 unspecified atom stereocenters. The quantitative estimate of drug-likeness (QED) is 0.157. The normalized spacial score (nSPS) is 12.9. The lowest BCUT2D eigenvalue weighted by Gasteiger charge is -2.23. The van der Waals surface area contributed by atoms with Crippen LogP contribution >= 0.6 is 22.7 Å². The largest absolute Gasteiger partial charge is 0.456 e. The van der Waals surface area contributed by atoms with E-state index in [1.165, 1.54) is 73.4 Å². The van der Waals surface area contributed by atoms with Crippen LogP contribution < -0.4 is 0 Å². The van der Waals surface area contributed by atoms with Gasteiger partial charge in [-0.1, -0.05) is 232 Å². The van der Waals surface area contributed by atoms with Crippen molar-refractivity contribution in [2.24, 2.45) is 0 Å².